The minimum absolute atomic E-state index is 0.167. The first kappa shape index (κ1) is 9.51. The molecule has 1 atom stereocenters. The first-order chi connectivity index (χ1) is 6.45. The maximum Gasteiger partial charge on any atom is 0.0161 e. The molecule has 0 aromatic heterocycles. The van der Waals surface area contributed by atoms with E-state index in [9.17, 15) is 0 Å². The summed E-state index contributed by atoms with van der Waals surface area (Å²) in [6, 6.07) is 0. The van der Waals surface area contributed by atoms with Crippen molar-refractivity contribution in [3.05, 3.63) is 47.6 Å². The normalized spacial score (nSPS) is 30.0. The largest absolute Gasteiger partial charge is 0.0736 e. The fraction of sp³-hybridized carbons (Fsp3) is 0.429. The van der Waals surface area contributed by atoms with Gasteiger partial charge < -0.3 is 0 Å². The lowest BCUT2D eigenvalue weighted by Gasteiger charge is -2.43. The van der Waals surface area contributed by atoms with Gasteiger partial charge in [0.05, 0.1) is 0 Å². The van der Waals surface area contributed by atoms with Crippen LogP contribution in [0.2, 0.25) is 0 Å². The van der Waals surface area contributed by atoms with Crippen LogP contribution in [0.1, 0.15) is 27.7 Å². The van der Waals surface area contributed by atoms with E-state index < -0.39 is 0 Å². The number of allylic oxidation sites excluding steroid dienone is 8. The maximum atomic E-state index is 2.33. The van der Waals surface area contributed by atoms with Crippen LogP contribution in [0.4, 0.5) is 0 Å². The highest BCUT2D eigenvalue weighted by Crippen LogP contribution is 2.51. The SMILES string of the molecule is CC(C)(C)C1(C)C=CC=C2C=CC=C21. The Morgan fingerprint density at radius 2 is 1.79 bits per heavy atom. The van der Waals surface area contributed by atoms with Crippen LogP contribution in [0.15, 0.2) is 47.6 Å². The molecule has 0 bridgehead atoms. The van der Waals surface area contributed by atoms with Crippen LogP contribution in [-0.2, 0) is 0 Å². The van der Waals surface area contributed by atoms with E-state index >= 15 is 0 Å². The summed E-state index contributed by atoms with van der Waals surface area (Å²) in [6.45, 7) is 9.24. The Hall–Kier alpha value is -1.04. The molecule has 0 aliphatic heterocycles. The third kappa shape index (κ3) is 1.13. The Labute approximate surface area is 86.7 Å². The van der Waals surface area contributed by atoms with Gasteiger partial charge in [0.2, 0.25) is 0 Å². The van der Waals surface area contributed by atoms with Crippen LogP contribution >= 0.6 is 0 Å². The first-order valence-corrected chi connectivity index (χ1v) is 5.24. The van der Waals surface area contributed by atoms with Gasteiger partial charge in [-0.1, -0.05) is 64.2 Å². The van der Waals surface area contributed by atoms with E-state index in [1.54, 1.807) is 0 Å². The average Bonchev–Trinajstić information content (AvgIpc) is 2.51. The van der Waals surface area contributed by atoms with Crippen LogP contribution in [0.3, 0.4) is 0 Å². The van der Waals surface area contributed by atoms with E-state index in [0.29, 0.717) is 0 Å². The Morgan fingerprint density at radius 3 is 2.43 bits per heavy atom. The average molecular weight is 186 g/mol. The minimum Gasteiger partial charge on any atom is -0.0736 e. The summed E-state index contributed by atoms with van der Waals surface area (Å²) in [6.07, 6.45) is 13.3. The van der Waals surface area contributed by atoms with E-state index in [2.05, 4.69) is 64.2 Å². The summed E-state index contributed by atoms with van der Waals surface area (Å²) in [4.78, 5) is 0. The molecule has 0 aromatic carbocycles. The molecule has 0 heterocycles. The zero-order chi connectivity index (χ0) is 10.4. The van der Waals surface area contributed by atoms with Gasteiger partial charge >= 0.3 is 0 Å². The van der Waals surface area contributed by atoms with Gasteiger partial charge in [-0.15, -0.1) is 0 Å². The smallest absolute Gasteiger partial charge is 0.0161 e. The molecule has 0 heteroatoms. The van der Waals surface area contributed by atoms with Crippen molar-refractivity contribution in [2.24, 2.45) is 10.8 Å². The topological polar surface area (TPSA) is 0 Å². The Balaban J connectivity index is 2.50. The Morgan fingerprint density at radius 1 is 1.07 bits per heavy atom. The van der Waals surface area contributed by atoms with Gasteiger partial charge in [0, 0.05) is 5.41 Å². The number of fused-ring (bicyclic) bond motifs is 1. The molecular weight excluding hydrogens is 168 g/mol. The van der Waals surface area contributed by atoms with E-state index in [1.807, 2.05) is 0 Å². The molecule has 74 valence electrons. The summed E-state index contributed by atoms with van der Waals surface area (Å²) in [5.74, 6) is 0. The Kier molecular flexibility index (Phi) is 1.85. The lowest BCUT2D eigenvalue weighted by Crippen LogP contribution is -2.33. The van der Waals surface area contributed by atoms with E-state index in [-0.39, 0.29) is 10.8 Å². The van der Waals surface area contributed by atoms with E-state index in [0.717, 1.165) is 0 Å². The number of hydrogen-bond donors (Lipinski definition) is 0. The molecule has 0 saturated carbocycles. The minimum atomic E-state index is 0.167. The molecule has 14 heavy (non-hydrogen) atoms. The molecular formula is C14H18. The molecule has 0 saturated heterocycles. The molecule has 0 aromatic rings. The fourth-order valence-corrected chi connectivity index (χ4v) is 2.14. The van der Waals surface area contributed by atoms with Crippen LogP contribution in [-0.4, -0.2) is 0 Å². The predicted molar refractivity (Wildman–Crippen MR) is 62.0 cm³/mol. The van der Waals surface area contributed by atoms with Crippen LogP contribution in [0, 0.1) is 10.8 Å². The van der Waals surface area contributed by atoms with Crippen molar-refractivity contribution >= 4 is 0 Å². The van der Waals surface area contributed by atoms with Crippen LogP contribution in [0.25, 0.3) is 0 Å². The summed E-state index contributed by atoms with van der Waals surface area (Å²) in [5.41, 5.74) is 3.28. The second-order valence-electron chi connectivity index (χ2n) is 5.37. The van der Waals surface area contributed by atoms with Crippen molar-refractivity contribution in [1.82, 2.24) is 0 Å². The summed E-state index contributed by atoms with van der Waals surface area (Å²) >= 11 is 0. The van der Waals surface area contributed by atoms with Gasteiger partial charge in [0.15, 0.2) is 0 Å². The second kappa shape index (κ2) is 2.73. The van der Waals surface area contributed by atoms with Gasteiger partial charge in [-0.25, -0.2) is 0 Å². The van der Waals surface area contributed by atoms with Gasteiger partial charge in [0.1, 0.15) is 0 Å². The zero-order valence-electron chi connectivity index (χ0n) is 9.46. The van der Waals surface area contributed by atoms with Crippen molar-refractivity contribution in [1.29, 1.82) is 0 Å². The standard InChI is InChI=1S/C14H18/c1-13(2,3)14(4)10-6-8-11-7-5-9-12(11)14/h5-10H,1-4H3. The monoisotopic (exact) mass is 186 g/mol. The molecule has 2 rings (SSSR count). The number of rotatable bonds is 0. The highest BCUT2D eigenvalue weighted by Gasteiger charge is 2.40. The second-order valence-corrected chi connectivity index (χ2v) is 5.37. The molecule has 0 nitrogen and oxygen atoms in total. The fourth-order valence-electron chi connectivity index (χ4n) is 2.14. The molecule has 2 aliphatic rings. The van der Waals surface area contributed by atoms with Gasteiger partial charge in [-0.3, -0.25) is 0 Å². The molecule has 0 amide bonds. The molecule has 1 unspecified atom stereocenters. The molecule has 0 radical (unpaired) electrons. The summed E-state index contributed by atoms with van der Waals surface area (Å²) < 4.78 is 0. The maximum absolute atomic E-state index is 2.33. The predicted octanol–water partition coefficient (Wildman–Crippen LogP) is 4.03. The van der Waals surface area contributed by atoms with Crippen molar-refractivity contribution in [2.45, 2.75) is 27.7 Å². The van der Waals surface area contributed by atoms with Gasteiger partial charge in [-0.2, -0.15) is 0 Å². The van der Waals surface area contributed by atoms with Crippen LogP contribution < -0.4 is 0 Å². The van der Waals surface area contributed by atoms with Crippen molar-refractivity contribution in [3.8, 4) is 0 Å². The third-order valence-corrected chi connectivity index (χ3v) is 3.67. The van der Waals surface area contributed by atoms with E-state index in [4.69, 9.17) is 0 Å². The highest BCUT2D eigenvalue weighted by atomic mass is 14.4. The lowest BCUT2D eigenvalue weighted by molar-refractivity contribution is 0.215. The molecule has 0 spiro atoms. The lowest BCUT2D eigenvalue weighted by atomic mass is 9.61. The quantitative estimate of drug-likeness (QED) is 0.536. The molecule has 0 N–H and O–H groups in total. The van der Waals surface area contributed by atoms with Gasteiger partial charge in [-0.05, 0) is 16.6 Å². The Bertz CT molecular complexity index is 369. The molecule has 0 fully saturated rings. The third-order valence-electron chi connectivity index (χ3n) is 3.67. The van der Waals surface area contributed by atoms with E-state index in [1.165, 1.54) is 11.1 Å². The van der Waals surface area contributed by atoms with Crippen molar-refractivity contribution in [2.75, 3.05) is 0 Å². The number of hydrogen-bond acceptors (Lipinski definition) is 0. The first-order valence-electron chi connectivity index (χ1n) is 5.24. The molecule has 2 aliphatic carbocycles. The highest BCUT2D eigenvalue weighted by molar-refractivity contribution is 5.57. The van der Waals surface area contributed by atoms with Gasteiger partial charge in [0.25, 0.3) is 0 Å². The van der Waals surface area contributed by atoms with Crippen LogP contribution in [0.5, 0.6) is 0 Å². The summed E-state index contributed by atoms with van der Waals surface area (Å²) in [7, 11) is 0. The zero-order valence-corrected chi connectivity index (χ0v) is 9.46. The summed E-state index contributed by atoms with van der Waals surface area (Å²) in [5, 5.41) is 0. The van der Waals surface area contributed by atoms with Crippen molar-refractivity contribution in [3.63, 3.8) is 0 Å². The van der Waals surface area contributed by atoms with Crippen molar-refractivity contribution < 1.29 is 0 Å².